The molecule has 0 aliphatic carbocycles. The van der Waals surface area contributed by atoms with Gasteiger partial charge in [-0.3, -0.25) is 9.69 Å². The minimum absolute atomic E-state index is 0.0308. The molecule has 7 nitrogen and oxygen atoms in total. The van der Waals surface area contributed by atoms with E-state index in [9.17, 15) is 4.79 Å². The number of hydrogen-bond acceptors (Lipinski definition) is 6. The summed E-state index contributed by atoms with van der Waals surface area (Å²) in [6.45, 7) is 3.95. The monoisotopic (exact) mass is 488 g/mol. The fourth-order valence-electron chi connectivity index (χ4n) is 5.19. The number of amides is 1. The molecule has 36 heavy (non-hydrogen) atoms. The van der Waals surface area contributed by atoms with Crippen LogP contribution in [0, 0.1) is 0 Å². The zero-order chi connectivity index (χ0) is 25.1. The molecule has 7 heteroatoms. The van der Waals surface area contributed by atoms with Gasteiger partial charge in [0.05, 0.1) is 20.3 Å². The van der Waals surface area contributed by atoms with E-state index in [1.165, 1.54) is 11.1 Å². The zero-order valence-electron chi connectivity index (χ0n) is 21.0. The van der Waals surface area contributed by atoms with Crippen LogP contribution in [0.25, 0.3) is 0 Å². The molecular formula is C29H32N2O5. The van der Waals surface area contributed by atoms with Gasteiger partial charge in [-0.25, -0.2) is 0 Å². The summed E-state index contributed by atoms with van der Waals surface area (Å²) in [5.41, 5.74) is 4.17. The van der Waals surface area contributed by atoms with Gasteiger partial charge < -0.3 is 24.3 Å². The summed E-state index contributed by atoms with van der Waals surface area (Å²) in [7, 11) is 3.31. The molecule has 1 amide bonds. The van der Waals surface area contributed by atoms with Gasteiger partial charge >= 0.3 is 0 Å². The van der Waals surface area contributed by atoms with Crippen molar-refractivity contribution in [1.82, 2.24) is 10.2 Å². The number of nitrogens with zero attached hydrogens (tertiary/aromatic N) is 1. The second-order valence-electron chi connectivity index (χ2n) is 9.11. The second kappa shape index (κ2) is 10.5. The Morgan fingerprint density at radius 1 is 1.03 bits per heavy atom. The Balaban J connectivity index is 1.49. The first-order valence-electron chi connectivity index (χ1n) is 12.3. The Labute approximate surface area is 211 Å². The van der Waals surface area contributed by atoms with Gasteiger partial charge in [0.15, 0.2) is 23.0 Å². The van der Waals surface area contributed by atoms with Crippen LogP contribution >= 0.6 is 0 Å². The third-order valence-electron chi connectivity index (χ3n) is 7.03. The van der Waals surface area contributed by atoms with Crippen LogP contribution in [-0.2, 0) is 13.0 Å². The Morgan fingerprint density at radius 3 is 2.53 bits per heavy atom. The average Bonchev–Trinajstić information content (AvgIpc) is 3.39. The molecule has 188 valence electrons. The van der Waals surface area contributed by atoms with Gasteiger partial charge in [0.2, 0.25) is 6.79 Å². The minimum atomic E-state index is -0.132. The summed E-state index contributed by atoms with van der Waals surface area (Å²) in [4.78, 5) is 15.8. The van der Waals surface area contributed by atoms with E-state index in [1.54, 1.807) is 32.4 Å². The molecule has 0 radical (unpaired) electrons. The molecule has 2 unspecified atom stereocenters. The first-order chi connectivity index (χ1) is 17.6. The number of fused-ring (bicyclic) bond motifs is 2. The van der Waals surface area contributed by atoms with Crippen LogP contribution in [0.15, 0.2) is 60.7 Å². The fourth-order valence-corrected chi connectivity index (χ4v) is 5.19. The van der Waals surface area contributed by atoms with Crippen LogP contribution in [0.4, 0.5) is 0 Å². The van der Waals surface area contributed by atoms with Crippen LogP contribution in [0.5, 0.6) is 23.0 Å². The lowest BCUT2D eigenvalue weighted by atomic mass is 9.86. The van der Waals surface area contributed by atoms with E-state index in [2.05, 4.69) is 53.5 Å². The lowest BCUT2D eigenvalue weighted by molar-refractivity contribution is 0.0858. The highest BCUT2D eigenvalue weighted by atomic mass is 16.7. The van der Waals surface area contributed by atoms with Crippen molar-refractivity contribution in [3.8, 4) is 23.0 Å². The molecular weight excluding hydrogens is 456 g/mol. The first-order valence-corrected chi connectivity index (χ1v) is 12.3. The van der Waals surface area contributed by atoms with Crippen LogP contribution in [0.2, 0.25) is 0 Å². The van der Waals surface area contributed by atoms with Crippen molar-refractivity contribution >= 4 is 5.91 Å². The normalized spacial score (nSPS) is 17.2. The number of rotatable bonds is 8. The van der Waals surface area contributed by atoms with Gasteiger partial charge in [-0.2, -0.15) is 0 Å². The summed E-state index contributed by atoms with van der Waals surface area (Å²) in [6.07, 6.45) is 1.66. The van der Waals surface area contributed by atoms with Crippen LogP contribution in [0.3, 0.4) is 0 Å². The highest BCUT2D eigenvalue weighted by molar-refractivity contribution is 5.95. The van der Waals surface area contributed by atoms with Crippen molar-refractivity contribution in [3.63, 3.8) is 0 Å². The van der Waals surface area contributed by atoms with E-state index in [0.29, 0.717) is 22.8 Å². The van der Waals surface area contributed by atoms with E-state index >= 15 is 0 Å². The molecule has 2 aliphatic rings. The molecule has 3 aromatic rings. The van der Waals surface area contributed by atoms with Gasteiger partial charge in [-0.15, -0.1) is 0 Å². The average molecular weight is 489 g/mol. The summed E-state index contributed by atoms with van der Waals surface area (Å²) in [5.74, 6) is 2.55. The molecule has 0 saturated carbocycles. The molecule has 2 aliphatic heterocycles. The topological polar surface area (TPSA) is 69.3 Å². The van der Waals surface area contributed by atoms with Gasteiger partial charge in [-0.1, -0.05) is 37.3 Å². The minimum Gasteiger partial charge on any atom is -0.493 e. The number of nitrogens with one attached hydrogen (secondary N) is 1. The molecule has 1 N–H and O–H groups in total. The molecule has 0 aromatic heterocycles. The van der Waals surface area contributed by atoms with Crippen molar-refractivity contribution in [2.24, 2.45) is 0 Å². The summed E-state index contributed by atoms with van der Waals surface area (Å²) in [6, 6.07) is 19.8. The number of methoxy groups -OCH3 is 2. The number of ether oxygens (including phenoxy) is 4. The Hall–Kier alpha value is -3.71. The smallest absolute Gasteiger partial charge is 0.251 e. The molecule has 2 heterocycles. The van der Waals surface area contributed by atoms with Crippen LogP contribution < -0.4 is 24.3 Å². The van der Waals surface area contributed by atoms with Crippen molar-refractivity contribution in [3.05, 3.63) is 82.9 Å². The fraction of sp³-hybridized carbons (Fsp3) is 0.345. The number of hydrogen-bond donors (Lipinski definition) is 1. The van der Waals surface area contributed by atoms with Crippen molar-refractivity contribution in [2.75, 3.05) is 27.6 Å². The van der Waals surface area contributed by atoms with E-state index < -0.39 is 0 Å². The van der Waals surface area contributed by atoms with Crippen molar-refractivity contribution in [1.29, 1.82) is 0 Å². The first kappa shape index (κ1) is 24.0. The van der Waals surface area contributed by atoms with Gasteiger partial charge in [0, 0.05) is 24.7 Å². The Kier molecular flexibility index (Phi) is 7.00. The molecule has 0 spiro atoms. The molecule has 5 rings (SSSR count). The third-order valence-corrected chi connectivity index (χ3v) is 7.03. The second-order valence-corrected chi connectivity index (χ2v) is 9.11. The maximum Gasteiger partial charge on any atom is 0.251 e. The Bertz CT molecular complexity index is 1230. The van der Waals surface area contributed by atoms with Gasteiger partial charge in [0.1, 0.15) is 0 Å². The largest absolute Gasteiger partial charge is 0.493 e. The standard InChI is InChI=1S/C29H32N2O5/c1-4-23(30-29(32)21-10-11-24-27(15-21)36-18-35-24)28-22-16-26(34-3)25(33-2)14-20(22)12-13-31(28)17-19-8-6-5-7-9-19/h5-11,14-16,23,28H,4,12-13,17-18H2,1-3H3,(H,30,32). The molecule has 0 fully saturated rings. The van der Waals surface area contributed by atoms with Crippen LogP contribution in [0.1, 0.15) is 46.4 Å². The zero-order valence-corrected chi connectivity index (χ0v) is 21.0. The van der Waals surface area contributed by atoms with Crippen molar-refractivity contribution in [2.45, 2.75) is 38.4 Å². The number of carbonyl (C=O) groups excluding carboxylic acids is 1. The summed E-state index contributed by atoms with van der Waals surface area (Å²) in [5, 5.41) is 3.32. The van der Waals surface area contributed by atoms with Crippen molar-refractivity contribution < 1.29 is 23.7 Å². The predicted molar refractivity (Wildman–Crippen MR) is 137 cm³/mol. The number of benzene rings is 3. The highest BCUT2D eigenvalue weighted by Crippen LogP contribution is 2.41. The SMILES string of the molecule is CCC(NC(=O)c1ccc2c(c1)OCO2)C1c2cc(OC)c(OC)cc2CCN1Cc1ccccc1. The van der Waals surface area contributed by atoms with E-state index in [4.69, 9.17) is 18.9 Å². The summed E-state index contributed by atoms with van der Waals surface area (Å²) >= 11 is 0. The lowest BCUT2D eigenvalue weighted by Crippen LogP contribution is -2.48. The van der Waals surface area contributed by atoms with Crippen LogP contribution in [-0.4, -0.2) is 44.4 Å². The molecule has 0 bridgehead atoms. The maximum absolute atomic E-state index is 13.4. The van der Waals surface area contributed by atoms with Gasteiger partial charge in [0.25, 0.3) is 5.91 Å². The molecule has 2 atom stereocenters. The maximum atomic E-state index is 13.4. The third kappa shape index (κ3) is 4.71. The van der Waals surface area contributed by atoms with E-state index in [0.717, 1.165) is 37.2 Å². The van der Waals surface area contributed by atoms with E-state index in [-0.39, 0.29) is 24.8 Å². The highest BCUT2D eigenvalue weighted by Gasteiger charge is 2.35. The lowest BCUT2D eigenvalue weighted by Gasteiger charge is -2.42. The quantitative estimate of drug-likeness (QED) is 0.494. The summed E-state index contributed by atoms with van der Waals surface area (Å²) < 4.78 is 22.1. The van der Waals surface area contributed by atoms with E-state index in [1.807, 2.05) is 6.07 Å². The Morgan fingerprint density at radius 2 is 1.78 bits per heavy atom. The van der Waals surface area contributed by atoms with Gasteiger partial charge in [-0.05, 0) is 59.9 Å². The molecule has 0 saturated heterocycles. The predicted octanol–water partition coefficient (Wildman–Crippen LogP) is 4.74. The molecule has 3 aromatic carbocycles. The number of carbonyl (C=O) groups is 1.